The zero-order valence-electron chi connectivity index (χ0n) is 10.1. The Labute approximate surface area is 87.7 Å². The summed E-state index contributed by atoms with van der Waals surface area (Å²) in [5.74, 6) is 0. The number of hydrogen-bond acceptors (Lipinski definition) is 2. The Hall–Kier alpha value is -0.830. The second-order valence-corrected chi connectivity index (χ2v) is 3.27. The molecule has 0 aliphatic rings. The Morgan fingerprint density at radius 1 is 1.36 bits per heavy atom. The molecule has 82 valence electrons. The minimum absolute atomic E-state index is 0.979. The molecule has 14 heavy (non-hydrogen) atoms. The van der Waals surface area contributed by atoms with Crippen molar-refractivity contribution < 1.29 is 0 Å². The van der Waals surface area contributed by atoms with Gasteiger partial charge in [-0.15, -0.1) is 0 Å². The molecule has 0 N–H and O–H groups in total. The lowest BCUT2D eigenvalue weighted by molar-refractivity contribution is 0.373. The molecule has 0 aliphatic heterocycles. The van der Waals surface area contributed by atoms with Gasteiger partial charge in [-0.2, -0.15) is 5.10 Å². The third kappa shape index (κ3) is 5.02. The van der Waals surface area contributed by atoms with Crippen molar-refractivity contribution in [2.45, 2.75) is 33.7 Å². The van der Waals surface area contributed by atoms with Gasteiger partial charge in [0.25, 0.3) is 0 Å². The second kappa shape index (κ2) is 7.56. The molecule has 1 rings (SSSR count). The Kier molecular flexibility index (Phi) is 7.11. The number of hydrogen-bond donors (Lipinski definition) is 0. The summed E-state index contributed by atoms with van der Waals surface area (Å²) in [6.45, 7) is 8.17. The lowest BCUT2D eigenvalue weighted by Gasteiger charge is -2.08. The lowest BCUT2D eigenvalue weighted by atomic mass is 10.3. The van der Waals surface area contributed by atoms with Gasteiger partial charge in [-0.1, -0.05) is 20.8 Å². The predicted molar refractivity (Wildman–Crippen MR) is 61.5 cm³/mol. The molecule has 3 nitrogen and oxygen atoms in total. The molecule has 0 aromatic carbocycles. The van der Waals surface area contributed by atoms with E-state index in [4.69, 9.17) is 0 Å². The summed E-state index contributed by atoms with van der Waals surface area (Å²) in [7, 11) is 4.15. The summed E-state index contributed by atoms with van der Waals surface area (Å²) in [6, 6.07) is 0. The zero-order chi connectivity index (χ0) is 11.0. The van der Waals surface area contributed by atoms with Gasteiger partial charge in [-0.3, -0.25) is 4.68 Å². The molecule has 0 saturated heterocycles. The highest BCUT2D eigenvalue weighted by Gasteiger charge is 1.96. The van der Waals surface area contributed by atoms with Crippen molar-refractivity contribution in [3.05, 3.63) is 18.0 Å². The van der Waals surface area contributed by atoms with Crippen molar-refractivity contribution in [3.8, 4) is 0 Å². The average molecular weight is 197 g/mol. The van der Waals surface area contributed by atoms with E-state index in [9.17, 15) is 0 Å². The van der Waals surface area contributed by atoms with Crippen LogP contribution in [0.25, 0.3) is 0 Å². The first-order chi connectivity index (χ1) is 6.72. The van der Waals surface area contributed by atoms with Crippen LogP contribution in [0.4, 0.5) is 0 Å². The van der Waals surface area contributed by atoms with Crippen LogP contribution in [0.1, 0.15) is 26.3 Å². The zero-order valence-corrected chi connectivity index (χ0v) is 10.1. The van der Waals surface area contributed by atoms with E-state index in [1.165, 1.54) is 5.56 Å². The first-order valence-electron chi connectivity index (χ1n) is 5.38. The SMILES string of the molecule is CC.CCc1cnn(CCN(C)C)c1. The van der Waals surface area contributed by atoms with E-state index in [0.717, 1.165) is 19.5 Å². The third-order valence-corrected chi connectivity index (χ3v) is 1.87. The van der Waals surface area contributed by atoms with Crippen molar-refractivity contribution in [2.24, 2.45) is 0 Å². The van der Waals surface area contributed by atoms with Gasteiger partial charge in [0, 0.05) is 12.7 Å². The normalized spacial score (nSPS) is 9.86. The first-order valence-corrected chi connectivity index (χ1v) is 5.38. The maximum atomic E-state index is 4.25. The van der Waals surface area contributed by atoms with Crippen molar-refractivity contribution in [2.75, 3.05) is 20.6 Å². The fraction of sp³-hybridized carbons (Fsp3) is 0.727. The van der Waals surface area contributed by atoms with Gasteiger partial charge in [0.15, 0.2) is 0 Å². The van der Waals surface area contributed by atoms with E-state index in [1.54, 1.807) is 0 Å². The quantitative estimate of drug-likeness (QED) is 0.736. The Balaban J connectivity index is 0.000000791. The van der Waals surface area contributed by atoms with E-state index in [0.29, 0.717) is 0 Å². The summed E-state index contributed by atoms with van der Waals surface area (Å²) >= 11 is 0. The minimum Gasteiger partial charge on any atom is -0.308 e. The maximum Gasteiger partial charge on any atom is 0.0536 e. The summed E-state index contributed by atoms with van der Waals surface area (Å²) in [4.78, 5) is 2.16. The van der Waals surface area contributed by atoms with Crippen LogP contribution >= 0.6 is 0 Å². The summed E-state index contributed by atoms with van der Waals surface area (Å²) in [5, 5.41) is 4.25. The summed E-state index contributed by atoms with van der Waals surface area (Å²) < 4.78 is 2.00. The summed E-state index contributed by atoms with van der Waals surface area (Å²) in [6.07, 6.45) is 5.13. The molecule has 1 aromatic rings. The van der Waals surface area contributed by atoms with E-state index < -0.39 is 0 Å². The van der Waals surface area contributed by atoms with Crippen molar-refractivity contribution in [1.82, 2.24) is 14.7 Å². The van der Waals surface area contributed by atoms with Gasteiger partial charge in [-0.25, -0.2) is 0 Å². The Bertz CT molecular complexity index is 228. The molecule has 0 aliphatic carbocycles. The molecule has 1 aromatic heterocycles. The first kappa shape index (κ1) is 13.2. The number of aryl methyl sites for hydroxylation is 1. The molecule has 0 saturated carbocycles. The largest absolute Gasteiger partial charge is 0.308 e. The summed E-state index contributed by atoms with van der Waals surface area (Å²) in [5.41, 5.74) is 1.31. The molecule has 0 spiro atoms. The lowest BCUT2D eigenvalue weighted by Crippen LogP contribution is -2.18. The number of likely N-dealkylation sites (N-methyl/N-ethyl adjacent to an activating group) is 1. The molecule has 0 amide bonds. The molecule has 0 bridgehead atoms. The van der Waals surface area contributed by atoms with Crippen LogP contribution in [0.2, 0.25) is 0 Å². The maximum absolute atomic E-state index is 4.25. The molecular weight excluding hydrogens is 174 g/mol. The van der Waals surface area contributed by atoms with Crippen LogP contribution in [-0.4, -0.2) is 35.3 Å². The molecule has 0 radical (unpaired) electrons. The van der Waals surface area contributed by atoms with Crippen LogP contribution in [0.3, 0.4) is 0 Å². The average Bonchev–Trinajstić information content (AvgIpc) is 2.65. The van der Waals surface area contributed by atoms with Crippen LogP contribution in [0.15, 0.2) is 12.4 Å². The number of rotatable bonds is 4. The van der Waals surface area contributed by atoms with E-state index in [2.05, 4.69) is 37.2 Å². The van der Waals surface area contributed by atoms with E-state index in [1.807, 2.05) is 24.7 Å². The fourth-order valence-corrected chi connectivity index (χ4v) is 1.01. The molecule has 0 unspecified atom stereocenters. The fourth-order valence-electron chi connectivity index (χ4n) is 1.01. The van der Waals surface area contributed by atoms with Crippen LogP contribution in [0.5, 0.6) is 0 Å². The number of nitrogens with zero attached hydrogens (tertiary/aromatic N) is 3. The van der Waals surface area contributed by atoms with Gasteiger partial charge in [-0.05, 0) is 26.1 Å². The molecule has 3 heteroatoms. The minimum atomic E-state index is 0.979. The standard InChI is InChI=1S/C9H17N3.C2H6/c1-4-9-7-10-12(8-9)6-5-11(2)3;1-2/h7-8H,4-6H2,1-3H3;1-2H3. The second-order valence-electron chi connectivity index (χ2n) is 3.27. The topological polar surface area (TPSA) is 21.1 Å². The van der Waals surface area contributed by atoms with E-state index in [-0.39, 0.29) is 0 Å². The highest BCUT2D eigenvalue weighted by molar-refractivity contribution is 5.02. The van der Waals surface area contributed by atoms with Crippen LogP contribution in [0, 0.1) is 0 Å². The van der Waals surface area contributed by atoms with Crippen LogP contribution in [-0.2, 0) is 13.0 Å². The monoisotopic (exact) mass is 197 g/mol. The molecule has 0 atom stereocenters. The van der Waals surface area contributed by atoms with Gasteiger partial charge in [0.1, 0.15) is 0 Å². The van der Waals surface area contributed by atoms with Gasteiger partial charge in [0.2, 0.25) is 0 Å². The molecule has 1 heterocycles. The van der Waals surface area contributed by atoms with Gasteiger partial charge >= 0.3 is 0 Å². The van der Waals surface area contributed by atoms with Crippen molar-refractivity contribution in [1.29, 1.82) is 0 Å². The number of aromatic nitrogens is 2. The van der Waals surface area contributed by atoms with Gasteiger partial charge < -0.3 is 4.90 Å². The Morgan fingerprint density at radius 3 is 2.43 bits per heavy atom. The highest BCUT2D eigenvalue weighted by atomic mass is 15.3. The third-order valence-electron chi connectivity index (χ3n) is 1.87. The van der Waals surface area contributed by atoms with Crippen LogP contribution < -0.4 is 0 Å². The smallest absolute Gasteiger partial charge is 0.0536 e. The highest BCUT2D eigenvalue weighted by Crippen LogP contribution is 1.97. The van der Waals surface area contributed by atoms with E-state index >= 15 is 0 Å². The molecule has 0 fully saturated rings. The van der Waals surface area contributed by atoms with Crippen molar-refractivity contribution >= 4 is 0 Å². The van der Waals surface area contributed by atoms with Crippen molar-refractivity contribution in [3.63, 3.8) is 0 Å². The molecular formula is C11H23N3. The predicted octanol–water partition coefficient (Wildman–Crippen LogP) is 2.03. The van der Waals surface area contributed by atoms with Gasteiger partial charge in [0.05, 0.1) is 12.7 Å². The Morgan fingerprint density at radius 2 is 2.00 bits per heavy atom.